The second kappa shape index (κ2) is 9.90. The van der Waals surface area contributed by atoms with Crippen LogP contribution in [0.4, 0.5) is 13.2 Å². The maximum atomic E-state index is 12.9. The van der Waals surface area contributed by atoms with Crippen LogP contribution in [0, 0.1) is 0 Å². The van der Waals surface area contributed by atoms with Gasteiger partial charge in [-0.15, -0.1) is 11.8 Å². The van der Waals surface area contributed by atoms with E-state index in [9.17, 15) is 18.0 Å². The molecule has 186 valence electrons. The molecule has 1 spiro atoms. The highest BCUT2D eigenvalue weighted by Gasteiger charge is 2.51. The fourth-order valence-electron chi connectivity index (χ4n) is 4.21. The van der Waals surface area contributed by atoms with Gasteiger partial charge in [-0.2, -0.15) is 13.2 Å². The molecular formula is C24H24F3N3O4S. The smallest absolute Gasteiger partial charge is 0.475 e. The van der Waals surface area contributed by atoms with E-state index in [1.54, 1.807) is 6.20 Å². The standard InChI is InChI=1S/C22H23N3O2S.C2HF3O2/c1-24-9-7-16-10-17(5-6-20(16)24)21(26)25-14-22(15-25)11-19(13-28-22)27-12-18-4-2-3-8-23-18;3-2(4,5)1(6)7/h2-10,19H,11-15H2,1H3;(H,6,7). The van der Waals surface area contributed by atoms with Crippen molar-refractivity contribution in [2.75, 3.05) is 18.8 Å². The molecule has 7 nitrogen and oxygen atoms in total. The summed E-state index contributed by atoms with van der Waals surface area (Å²) in [5.41, 5.74) is 2.89. The number of rotatable bonds is 4. The fourth-order valence-corrected chi connectivity index (χ4v) is 5.76. The van der Waals surface area contributed by atoms with Crippen LogP contribution >= 0.6 is 11.8 Å². The first-order chi connectivity index (χ1) is 16.6. The summed E-state index contributed by atoms with van der Waals surface area (Å²) in [6, 6.07) is 13.9. The van der Waals surface area contributed by atoms with E-state index in [1.165, 1.54) is 0 Å². The maximum Gasteiger partial charge on any atom is 0.490 e. The van der Waals surface area contributed by atoms with E-state index in [0.29, 0.717) is 6.61 Å². The van der Waals surface area contributed by atoms with Crippen molar-refractivity contribution in [2.24, 2.45) is 7.05 Å². The zero-order valence-electron chi connectivity index (χ0n) is 18.9. The number of hydrogen-bond donors (Lipinski definition) is 1. The van der Waals surface area contributed by atoms with Crippen molar-refractivity contribution in [1.29, 1.82) is 0 Å². The van der Waals surface area contributed by atoms with Crippen molar-refractivity contribution >= 4 is 34.5 Å². The van der Waals surface area contributed by atoms with E-state index in [1.807, 2.05) is 66.3 Å². The number of ether oxygens (including phenoxy) is 1. The van der Waals surface area contributed by atoms with Crippen molar-refractivity contribution in [3.63, 3.8) is 0 Å². The van der Waals surface area contributed by atoms with Crippen molar-refractivity contribution < 1.29 is 32.6 Å². The Morgan fingerprint density at radius 3 is 2.63 bits per heavy atom. The minimum absolute atomic E-state index is 0.134. The van der Waals surface area contributed by atoms with Crippen LogP contribution in [0.5, 0.6) is 0 Å². The summed E-state index contributed by atoms with van der Waals surface area (Å²) in [5, 5.41) is 8.24. The molecule has 0 saturated carbocycles. The second-order valence-corrected chi connectivity index (χ2v) is 10.1. The quantitative estimate of drug-likeness (QED) is 0.572. The predicted molar refractivity (Wildman–Crippen MR) is 125 cm³/mol. The van der Waals surface area contributed by atoms with Crippen LogP contribution in [-0.2, 0) is 23.2 Å². The number of aryl methyl sites for hydroxylation is 1. The number of amides is 1. The van der Waals surface area contributed by atoms with Crippen molar-refractivity contribution in [2.45, 2.75) is 30.1 Å². The Balaban J connectivity index is 0.000000364. The lowest BCUT2D eigenvalue weighted by molar-refractivity contribution is -0.192. The Kier molecular flexibility index (Phi) is 7.09. The Hall–Kier alpha value is -3.05. The lowest BCUT2D eigenvalue weighted by Gasteiger charge is -2.47. The minimum atomic E-state index is -5.08. The number of pyridine rings is 1. The molecule has 5 rings (SSSR count). The molecule has 1 aromatic carbocycles. The van der Waals surface area contributed by atoms with Gasteiger partial charge in [-0.3, -0.25) is 9.78 Å². The van der Waals surface area contributed by atoms with Gasteiger partial charge in [0.25, 0.3) is 5.91 Å². The molecule has 2 aliphatic heterocycles. The van der Waals surface area contributed by atoms with E-state index < -0.39 is 12.1 Å². The molecule has 0 bridgehead atoms. The van der Waals surface area contributed by atoms with Gasteiger partial charge >= 0.3 is 12.1 Å². The summed E-state index contributed by atoms with van der Waals surface area (Å²) in [4.78, 5) is 28.1. The number of nitrogens with zero attached hydrogens (tertiary/aromatic N) is 3. The molecule has 11 heteroatoms. The number of thioether (sulfide) groups is 1. The van der Waals surface area contributed by atoms with E-state index >= 15 is 0 Å². The van der Waals surface area contributed by atoms with Gasteiger partial charge in [-0.25, -0.2) is 4.79 Å². The average molecular weight is 508 g/mol. The molecular weight excluding hydrogens is 483 g/mol. The normalized spacial score (nSPS) is 18.7. The predicted octanol–water partition coefficient (Wildman–Crippen LogP) is 4.12. The summed E-state index contributed by atoms with van der Waals surface area (Å²) < 4.78 is 40.0. The topological polar surface area (TPSA) is 84.7 Å². The monoisotopic (exact) mass is 507 g/mol. The molecule has 2 saturated heterocycles. The summed E-state index contributed by atoms with van der Waals surface area (Å²) in [6.45, 7) is 2.18. The van der Waals surface area contributed by atoms with Gasteiger partial charge in [0, 0.05) is 54.8 Å². The average Bonchev–Trinajstić information content (AvgIpc) is 3.40. The highest BCUT2D eigenvalue weighted by Crippen LogP contribution is 2.46. The maximum absolute atomic E-state index is 12.9. The first-order valence-electron chi connectivity index (χ1n) is 10.9. The van der Waals surface area contributed by atoms with Crippen LogP contribution < -0.4 is 0 Å². The molecule has 2 aromatic heterocycles. The summed E-state index contributed by atoms with van der Waals surface area (Å²) >= 11 is 1.95. The van der Waals surface area contributed by atoms with Gasteiger partial charge in [-0.05, 0) is 42.8 Å². The Morgan fingerprint density at radius 2 is 1.97 bits per heavy atom. The summed E-state index contributed by atoms with van der Waals surface area (Å²) in [5.74, 6) is -1.63. The number of carbonyl (C=O) groups excluding carboxylic acids is 1. The van der Waals surface area contributed by atoms with Crippen molar-refractivity contribution in [1.82, 2.24) is 14.5 Å². The van der Waals surface area contributed by atoms with Crippen molar-refractivity contribution in [3.05, 3.63) is 66.1 Å². The van der Waals surface area contributed by atoms with Crippen molar-refractivity contribution in [3.8, 4) is 0 Å². The fraction of sp³-hybridized carbons (Fsp3) is 0.375. The molecule has 0 radical (unpaired) electrons. The van der Waals surface area contributed by atoms with Crippen LogP contribution in [0.1, 0.15) is 22.5 Å². The number of benzene rings is 1. The molecule has 3 aromatic rings. The van der Waals surface area contributed by atoms with E-state index in [2.05, 4.69) is 15.6 Å². The second-order valence-electron chi connectivity index (χ2n) is 8.62. The molecule has 1 atom stereocenters. The number of hydrogen-bond acceptors (Lipinski definition) is 5. The van der Waals surface area contributed by atoms with Crippen LogP contribution in [0.15, 0.2) is 54.9 Å². The largest absolute Gasteiger partial charge is 0.490 e. The third kappa shape index (κ3) is 5.79. The Morgan fingerprint density at radius 1 is 1.23 bits per heavy atom. The Bertz CT molecular complexity index is 1210. The third-order valence-corrected chi connectivity index (χ3v) is 7.56. The lowest BCUT2D eigenvalue weighted by Crippen LogP contribution is -2.60. The SMILES string of the molecule is Cn1ccc2cc(C(=O)N3CC4(CC(OCc5ccccn5)CS4)C3)ccc21.O=C(O)C(F)(F)F. The van der Waals surface area contributed by atoms with Gasteiger partial charge in [0.1, 0.15) is 0 Å². The zero-order valence-corrected chi connectivity index (χ0v) is 19.7. The van der Waals surface area contributed by atoms with E-state index in [0.717, 1.165) is 47.4 Å². The van der Waals surface area contributed by atoms with Gasteiger partial charge in [-0.1, -0.05) is 6.07 Å². The van der Waals surface area contributed by atoms with Crippen LogP contribution in [-0.4, -0.2) is 67.3 Å². The molecule has 1 amide bonds. The number of likely N-dealkylation sites (tertiary alicyclic amines) is 1. The van der Waals surface area contributed by atoms with Gasteiger partial charge < -0.3 is 19.3 Å². The zero-order chi connectivity index (χ0) is 25.2. The molecule has 4 heterocycles. The molecule has 2 aliphatic rings. The van der Waals surface area contributed by atoms with Crippen LogP contribution in [0.25, 0.3) is 10.9 Å². The number of aliphatic carboxylic acids is 1. The first kappa shape index (κ1) is 25.1. The number of alkyl halides is 3. The van der Waals surface area contributed by atoms with Crippen LogP contribution in [0.2, 0.25) is 0 Å². The Labute approximate surface area is 203 Å². The number of carbonyl (C=O) groups is 2. The summed E-state index contributed by atoms with van der Waals surface area (Å²) in [7, 11) is 2.02. The molecule has 35 heavy (non-hydrogen) atoms. The lowest BCUT2D eigenvalue weighted by atomic mass is 9.92. The van der Waals surface area contributed by atoms with E-state index in [4.69, 9.17) is 14.6 Å². The number of carboxylic acid groups (broad SMARTS) is 1. The highest BCUT2D eigenvalue weighted by atomic mass is 32.2. The highest BCUT2D eigenvalue weighted by molar-refractivity contribution is 8.01. The summed E-state index contributed by atoms with van der Waals surface area (Å²) in [6.07, 6.45) is -0.0137. The van der Waals surface area contributed by atoms with E-state index in [-0.39, 0.29) is 16.8 Å². The third-order valence-electron chi connectivity index (χ3n) is 5.99. The number of aromatic nitrogens is 2. The molecule has 1 unspecified atom stereocenters. The molecule has 1 N–H and O–H groups in total. The van der Waals surface area contributed by atoms with Gasteiger partial charge in [0.2, 0.25) is 0 Å². The van der Waals surface area contributed by atoms with Crippen LogP contribution in [0.3, 0.4) is 0 Å². The number of halogens is 3. The minimum Gasteiger partial charge on any atom is -0.475 e. The number of carboxylic acids is 1. The van der Waals surface area contributed by atoms with Gasteiger partial charge in [0.05, 0.1) is 23.2 Å². The molecule has 2 fully saturated rings. The number of fused-ring (bicyclic) bond motifs is 1. The van der Waals surface area contributed by atoms with Gasteiger partial charge in [0.15, 0.2) is 0 Å². The first-order valence-corrected chi connectivity index (χ1v) is 11.8. The molecule has 0 aliphatic carbocycles.